The van der Waals surface area contributed by atoms with Gasteiger partial charge in [-0.2, -0.15) is 18.3 Å². The number of hydrogen-bond donors (Lipinski definition) is 1. The number of aromatic nitrogens is 3. The fourth-order valence-electron chi connectivity index (χ4n) is 4.41. The Hall–Kier alpha value is -3.40. The van der Waals surface area contributed by atoms with Crippen LogP contribution in [-0.2, 0) is 24.1 Å². The van der Waals surface area contributed by atoms with Crippen molar-refractivity contribution in [2.24, 2.45) is 0 Å². The van der Waals surface area contributed by atoms with E-state index in [0.717, 1.165) is 36.4 Å². The largest absolute Gasteiger partial charge is 0.416 e. The van der Waals surface area contributed by atoms with Crippen molar-refractivity contribution in [3.8, 4) is 0 Å². The lowest BCUT2D eigenvalue weighted by molar-refractivity contribution is -0.137. The molecular formula is C25H28F3N5O2. The molecule has 0 bridgehead atoms. The van der Waals surface area contributed by atoms with Crippen LogP contribution in [0, 0.1) is 0 Å². The number of halogens is 3. The van der Waals surface area contributed by atoms with E-state index in [1.54, 1.807) is 4.57 Å². The number of rotatable bonds is 7. The van der Waals surface area contributed by atoms with Gasteiger partial charge in [-0.25, -0.2) is 9.48 Å². The molecule has 1 amide bonds. The molecule has 0 radical (unpaired) electrons. The molecule has 4 rings (SSSR count). The zero-order valence-corrected chi connectivity index (χ0v) is 19.5. The Bertz CT molecular complexity index is 1190. The molecule has 1 aliphatic heterocycles. The third kappa shape index (κ3) is 6.00. The van der Waals surface area contributed by atoms with Crippen molar-refractivity contribution in [1.29, 1.82) is 0 Å². The molecule has 35 heavy (non-hydrogen) atoms. The van der Waals surface area contributed by atoms with Gasteiger partial charge in [0, 0.05) is 18.2 Å². The van der Waals surface area contributed by atoms with Crippen molar-refractivity contribution >= 4 is 11.6 Å². The van der Waals surface area contributed by atoms with Gasteiger partial charge in [-0.1, -0.05) is 30.3 Å². The number of hydrogen-bond acceptors (Lipinski definition) is 4. The quantitative estimate of drug-likeness (QED) is 0.548. The predicted octanol–water partition coefficient (Wildman–Crippen LogP) is 3.95. The first kappa shape index (κ1) is 24.7. The minimum absolute atomic E-state index is 0.119. The Morgan fingerprint density at radius 2 is 1.71 bits per heavy atom. The number of carbonyl (C=O) groups excluding carboxylic acids is 1. The van der Waals surface area contributed by atoms with Crippen LogP contribution in [0.2, 0.25) is 0 Å². The molecule has 2 aromatic carbocycles. The summed E-state index contributed by atoms with van der Waals surface area (Å²) in [6, 6.07) is 14.1. The SMILES string of the molecule is CCn1c(C2CCN(CC(=O)Nc3ccc(C(F)(F)F)cc3)CC2)nn(Cc2ccccc2)c1=O. The summed E-state index contributed by atoms with van der Waals surface area (Å²) in [4.78, 5) is 27.3. The number of amides is 1. The maximum Gasteiger partial charge on any atom is 0.416 e. The molecule has 1 aromatic heterocycles. The van der Waals surface area contributed by atoms with Crippen molar-refractivity contribution < 1.29 is 18.0 Å². The number of anilines is 1. The highest BCUT2D eigenvalue weighted by molar-refractivity contribution is 5.92. The summed E-state index contributed by atoms with van der Waals surface area (Å²) in [6.07, 6.45) is -2.89. The molecule has 1 aliphatic rings. The second kappa shape index (κ2) is 10.5. The van der Waals surface area contributed by atoms with Crippen molar-refractivity contribution in [1.82, 2.24) is 19.2 Å². The first-order chi connectivity index (χ1) is 16.7. The number of piperidine rings is 1. The van der Waals surface area contributed by atoms with Crippen LogP contribution in [0.3, 0.4) is 0 Å². The summed E-state index contributed by atoms with van der Waals surface area (Å²) in [7, 11) is 0. The van der Waals surface area contributed by atoms with Crippen LogP contribution < -0.4 is 11.0 Å². The van der Waals surface area contributed by atoms with E-state index >= 15 is 0 Å². The Labute approximate surface area is 201 Å². The average molecular weight is 488 g/mol. The molecule has 1 fully saturated rings. The smallest absolute Gasteiger partial charge is 0.325 e. The van der Waals surface area contributed by atoms with Gasteiger partial charge >= 0.3 is 11.9 Å². The zero-order chi connectivity index (χ0) is 25.0. The van der Waals surface area contributed by atoms with Gasteiger partial charge in [-0.15, -0.1) is 0 Å². The van der Waals surface area contributed by atoms with Crippen molar-refractivity contribution in [3.63, 3.8) is 0 Å². The predicted molar refractivity (Wildman–Crippen MR) is 126 cm³/mol. The van der Waals surface area contributed by atoms with Gasteiger partial charge in [-0.3, -0.25) is 14.3 Å². The van der Waals surface area contributed by atoms with E-state index in [1.165, 1.54) is 16.8 Å². The van der Waals surface area contributed by atoms with Crippen molar-refractivity contribution in [3.05, 3.63) is 82.0 Å². The lowest BCUT2D eigenvalue weighted by Gasteiger charge is -2.30. The maximum absolute atomic E-state index is 12.9. The van der Waals surface area contributed by atoms with Gasteiger partial charge in [0.1, 0.15) is 5.82 Å². The van der Waals surface area contributed by atoms with Gasteiger partial charge in [0.15, 0.2) is 0 Å². The minimum atomic E-state index is -4.41. The standard InChI is InChI=1S/C25H28F3N5O2/c1-2-32-23(30-33(24(32)35)16-18-6-4-3-5-7-18)19-12-14-31(15-13-19)17-22(34)29-21-10-8-20(9-11-21)25(26,27)28/h3-11,19H,2,12-17H2,1H3,(H,29,34). The number of alkyl halides is 3. The average Bonchev–Trinajstić information content (AvgIpc) is 3.15. The van der Waals surface area contributed by atoms with E-state index in [4.69, 9.17) is 0 Å². The number of nitrogens with zero attached hydrogens (tertiary/aromatic N) is 4. The molecule has 0 aliphatic carbocycles. The first-order valence-corrected chi connectivity index (χ1v) is 11.7. The summed E-state index contributed by atoms with van der Waals surface area (Å²) < 4.78 is 41.3. The topological polar surface area (TPSA) is 72.2 Å². The van der Waals surface area contributed by atoms with Crippen LogP contribution in [0.25, 0.3) is 0 Å². The molecule has 0 atom stereocenters. The Balaban J connectivity index is 1.33. The highest BCUT2D eigenvalue weighted by Gasteiger charge is 2.30. The third-order valence-electron chi connectivity index (χ3n) is 6.26. The second-order valence-electron chi connectivity index (χ2n) is 8.70. The molecule has 1 saturated heterocycles. The Kier molecular flexibility index (Phi) is 7.39. The van der Waals surface area contributed by atoms with Crippen molar-refractivity contribution in [2.45, 2.75) is 44.9 Å². The lowest BCUT2D eigenvalue weighted by Crippen LogP contribution is -2.39. The zero-order valence-electron chi connectivity index (χ0n) is 19.5. The number of nitrogens with one attached hydrogen (secondary N) is 1. The van der Waals surface area contributed by atoms with Crippen molar-refractivity contribution in [2.75, 3.05) is 25.0 Å². The molecule has 7 nitrogen and oxygen atoms in total. The maximum atomic E-state index is 12.9. The highest BCUT2D eigenvalue weighted by atomic mass is 19.4. The van der Waals surface area contributed by atoms with E-state index < -0.39 is 11.7 Å². The van der Waals surface area contributed by atoms with Crippen LogP contribution in [0.15, 0.2) is 59.4 Å². The minimum Gasteiger partial charge on any atom is -0.325 e. The third-order valence-corrected chi connectivity index (χ3v) is 6.26. The molecule has 0 saturated carbocycles. The van der Waals surface area contributed by atoms with Crippen LogP contribution in [0.5, 0.6) is 0 Å². The molecule has 0 spiro atoms. The molecule has 1 N–H and O–H groups in total. The van der Waals surface area contributed by atoms with E-state index in [9.17, 15) is 22.8 Å². The summed E-state index contributed by atoms with van der Waals surface area (Å²) in [5, 5.41) is 7.31. The Morgan fingerprint density at radius 3 is 2.31 bits per heavy atom. The van der Waals surface area contributed by atoms with E-state index in [2.05, 4.69) is 10.4 Å². The molecule has 3 aromatic rings. The fraction of sp³-hybridized carbons (Fsp3) is 0.400. The monoisotopic (exact) mass is 487 g/mol. The van der Waals surface area contributed by atoms with Gasteiger partial charge in [-0.05, 0) is 62.7 Å². The number of benzene rings is 2. The van der Waals surface area contributed by atoms with E-state index in [-0.39, 0.29) is 24.1 Å². The summed E-state index contributed by atoms with van der Waals surface area (Å²) in [5.41, 5.74) is 0.462. The van der Waals surface area contributed by atoms with Gasteiger partial charge in [0.05, 0.1) is 18.7 Å². The van der Waals surface area contributed by atoms with Crippen LogP contribution in [-0.4, -0.2) is 44.8 Å². The van der Waals surface area contributed by atoms with Gasteiger partial charge < -0.3 is 5.32 Å². The summed E-state index contributed by atoms with van der Waals surface area (Å²) >= 11 is 0. The highest BCUT2D eigenvalue weighted by Crippen LogP contribution is 2.30. The normalized spacial score (nSPS) is 15.3. The van der Waals surface area contributed by atoms with Crippen LogP contribution in [0.4, 0.5) is 18.9 Å². The van der Waals surface area contributed by atoms with Crippen LogP contribution >= 0.6 is 0 Å². The van der Waals surface area contributed by atoms with Crippen LogP contribution in [0.1, 0.15) is 42.6 Å². The van der Waals surface area contributed by atoms with E-state index in [0.29, 0.717) is 31.9 Å². The van der Waals surface area contributed by atoms with E-state index in [1.807, 2.05) is 42.2 Å². The summed E-state index contributed by atoms with van der Waals surface area (Å²) in [6.45, 7) is 4.36. The first-order valence-electron chi connectivity index (χ1n) is 11.7. The molecule has 0 unspecified atom stereocenters. The lowest BCUT2D eigenvalue weighted by atomic mass is 9.96. The fourth-order valence-corrected chi connectivity index (χ4v) is 4.41. The number of likely N-dealkylation sites (tertiary alicyclic amines) is 1. The van der Waals surface area contributed by atoms with Gasteiger partial charge in [0.2, 0.25) is 5.91 Å². The molecular weight excluding hydrogens is 459 g/mol. The second-order valence-corrected chi connectivity index (χ2v) is 8.70. The Morgan fingerprint density at radius 1 is 1.06 bits per heavy atom. The summed E-state index contributed by atoms with van der Waals surface area (Å²) in [5.74, 6) is 0.622. The molecule has 186 valence electrons. The molecule has 2 heterocycles. The molecule has 10 heteroatoms. The number of carbonyl (C=O) groups is 1. The van der Waals surface area contributed by atoms with Gasteiger partial charge in [0.25, 0.3) is 0 Å².